The number of likely N-dealkylation sites (tertiary alicyclic amines) is 1. The van der Waals surface area contributed by atoms with Crippen LogP contribution < -0.4 is 5.32 Å². The van der Waals surface area contributed by atoms with Gasteiger partial charge in [-0.15, -0.1) is 11.3 Å². The van der Waals surface area contributed by atoms with Crippen molar-refractivity contribution < 1.29 is 9.59 Å². The molecule has 0 saturated carbocycles. The Bertz CT molecular complexity index is 804. The van der Waals surface area contributed by atoms with Crippen molar-refractivity contribution in [2.75, 3.05) is 7.05 Å². The maximum absolute atomic E-state index is 12.9. The van der Waals surface area contributed by atoms with Crippen LogP contribution in [0.2, 0.25) is 5.02 Å². The lowest BCUT2D eigenvalue weighted by molar-refractivity contribution is -0.128. The first kappa shape index (κ1) is 18.0. The summed E-state index contributed by atoms with van der Waals surface area (Å²) in [6.45, 7) is 4.01. The predicted octanol–water partition coefficient (Wildman–Crippen LogP) is 4.11. The van der Waals surface area contributed by atoms with Crippen LogP contribution in [0.5, 0.6) is 0 Å². The smallest absolute Gasteiger partial charge is 0.226 e. The van der Waals surface area contributed by atoms with Crippen LogP contribution in [0.1, 0.15) is 40.7 Å². The summed E-state index contributed by atoms with van der Waals surface area (Å²) in [5, 5.41) is 3.67. The zero-order valence-corrected chi connectivity index (χ0v) is 16.0. The molecule has 0 spiro atoms. The van der Waals surface area contributed by atoms with Gasteiger partial charge >= 0.3 is 0 Å². The van der Waals surface area contributed by atoms with Gasteiger partial charge in [0.2, 0.25) is 11.8 Å². The Morgan fingerprint density at radius 1 is 1.36 bits per heavy atom. The van der Waals surface area contributed by atoms with E-state index in [1.165, 1.54) is 4.88 Å². The second-order valence-corrected chi connectivity index (χ2v) is 8.25. The molecule has 1 N–H and O–H groups in total. The molecule has 2 aromatic rings. The fourth-order valence-electron chi connectivity index (χ4n) is 3.33. The Morgan fingerprint density at radius 3 is 2.76 bits per heavy atom. The Hall–Kier alpha value is -1.85. The van der Waals surface area contributed by atoms with Gasteiger partial charge < -0.3 is 10.2 Å². The number of hydrogen-bond donors (Lipinski definition) is 1. The Kier molecular flexibility index (Phi) is 5.16. The van der Waals surface area contributed by atoms with Crippen molar-refractivity contribution >= 4 is 34.8 Å². The number of halogens is 1. The molecule has 25 heavy (non-hydrogen) atoms. The lowest BCUT2D eigenvalue weighted by Gasteiger charge is -2.26. The summed E-state index contributed by atoms with van der Waals surface area (Å²) >= 11 is 7.77. The number of benzene rings is 1. The van der Waals surface area contributed by atoms with Crippen LogP contribution >= 0.6 is 22.9 Å². The highest BCUT2D eigenvalue weighted by Gasteiger charge is 2.43. The fraction of sp³-hybridized carbons (Fsp3) is 0.368. The summed E-state index contributed by atoms with van der Waals surface area (Å²) in [7, 11) is 1.74. The number of rotatable bonds is 4. The monoisotopic (exact) mass is 376 g/mol. The van der Waals surface area contributed by atoms with Gasteiger partial charge in [0.15, 0.2) is 0 Å². The van der Waals surface area contributed by atoms with Gasteiger partial charge in [0.1, 0.15) is 0 Å². The molecule has 3 rings (SSSR count). The molecule has 1 aromatic heterocycles. The van der Waals surface area contributed by atoms with Crippen molar-refractivity contribution in [2.24, 2.45) is 5.92 Å². The average Bonchev–Trinajstić information content (AvgIpc) is 3.12. The number of hydrogen-bond acceptors (Lipinski definition) is 3. The molecule has 4 nitrogen and oxygen atoms in total. The molecule has 1 aromatic carbocycles. The summed E-state index contributed by atoms with van der Waals surface area (Å²) in [5.74, 6) is -0.537. The van der Waals surface area contributed by atoms with E-state index in [0.717, 1.165) is 10.4 Å². The second kappa shape index (κ2) is 7.18. The molecule has 0 bridgehead atoms. The number of carbonyl (C=O) groups excluding carboxylic acids is 2. The number of aryl methyl sites for hydroxylation is 1. The quantitative estimate of drug-likeness (QED) is 0.873. The van der Waals surface area contributed by atoms with Crippen LogP contribution in [-0.2, 0) is 9.59 Å². The first-order valence-electron chi connectivity index (χ1n) is 8.24. The number of carbonyl (C=O) groups is 2. The van der Waals surface area contributed by atoms with Crippen molar-refractivity contribution in [1.29, 1.82) is 0 Å². The predicted molar refractivity (Wildman–Crippen MR) is 101 cm³/mol. The third-order valence-electron chi connectivity index (χ3n) is 4.66. The summed E-state index contributed by atoms with van der Waals surface area (Å²) in [4.78, 5) is 29.1. The zero-order valence-electron chi connectivity index (χ0n) is 14.5. The number of amides is 2. The van der Waals surface area contributed by atoms with Crippen LogP contribution in [0.3, 0.4) is 0 Å². The normalized spacial score (nSPS) is 21.4. The van der Waals surface area contributed by atoms with Crippen LogP contribution in [-0.4, -0.2) is 23.8 Å². The third-order valence-corrected chi connectivity index (χ3v) is 6.08. The molecule has 3 atom stereocenters. The average molecular weight is 377 g/mol. The first-order chi connectivity index (χ1) is 11.9. The van der Waals surface area contributed by atoms with Gasteiger partial charge in [-0.1, -0.05) is 23.7 Å². The van der Waals surface area contributed by atoms with Gasteiger partial charge in [0.25, 0.3) is 0 Å². The molecule has 1 aliphatic rings. The van der Waals surface area contributed by atoms with E-state index in [1.54, 1.807) is 29.4 Å². The third kappa shape index (κ3) is 3.72. The van der Waals surface area contributed by atoms with Gasteiger partial charge in [-0.05, 0) is 43.7 Å². The standard InChI is InChI=1S/C19H21ClN2O2S/c1-11-7-8-16(25-11)12(2)21-19(24)15-10-17(23)22(3)18(15)13-5-4-6-14(20)9-13/h4-9,12,15,18H,10H2,1-3H3,(H,21,24). The highest BCUT2D eigenvalue weighted by Crippen LogP contribution is 2.38. The van der Waals surface area contributed by atoms with Crippen molar-refractivity contribution in [3.05, 3.63) is 56.7 Å². The fourth-order valence-corrected chi connectivity index (χ4v) is 4.41. The van der Waals surface area contributed by atoms with Crippen LogP contribution in [0.15, 0.2) is 36.4 Å². The second-order valence-electron chi connectivity index (χ2n) is 6.49. The minimum absolute atomic E-state index is 0.0234. The topological polar surface area (TPSA) is 49.4 Å². The van der Waals surface area contributed by atoms with Crippen molar-refractivity contribution in [3.63, 3.8) is 0 Å². The van der Waals surface area contributed by atoms with E-state index in [9.17, 15) is 9.59 Å². The lowest BCUT2D eigenvalue weighted by atomic mass is 9.92. The molecule has 1 aliphatic heterocycles. The van der Waals surface area contributed by atoms with Gasteiger partial charge in [-0.2, -0.15) is 0 Å². The largest absolute Gasteiger partial charge is 0.348 e. The molecular weight excluding hydrogens is 356 g/mol. The summed E-state index contributed by atoms with van der Waals surface area (Å²) in [6, 6.07) is 11.1. The van der Waals surface area contributed by atoms with E-state index in [2.05, 4.69) is 5.32 Å². The SMILES string of the molecule is Cc1ccc(C(C)NC(=O)C2CC(=O)N(C)C2c2cccc(Cl)c2)s1. The number of nitrogens with one attached hydrogen (secondary N) is 1. The van der Waals surface area contributed by atoms with Gasteiger partial charge in [-0.3, -0.25) is 9.59 Å². The first-order valence-corrected chi connectivity index (χ1v) is 9.44. The highest BCUT2D eigenvalue weighted by molar-refractivity contribution is 7.12. The van der Waals surface area contributed by atoms with E-state index in [1.807, 2.05) is 44.2 Å². The molecule has 2 heterocycles. The lowest BCUT2D eigenvalue weighted by Crippen LogP contribution is -2.35. The van der Waals surface area contributed by atoms with E-state index in [-0.39, 0.29) is 30.3 Å². The van der Waals surface area contributed by atoms with Crippen molar-refractivity contribution in [2.45, 2.75) is 32.4 Å². The van der Waals surface area contributed by atoms with E-state index in [4.69, 9.17) is 11.6 Å². The Morgan fingerprint density at radius 2 is 2.12 bits per heavy atom. The van der Waals surface area contributed by atoms with E-state index < -0.39 is 5.92 Å². The van der Waals surface area contributed by atoms with Gasteiger partial charge in [0, 0.05) is 28.2 Å². The van der Waals surface area contributed by atoms with Gasteiger partial charge in [-0.25, -0.2) is 0 Å². The molecule has 1 fully saturated rings. The maximum atomic E-state index is 12.9. The molecule has 0 radical (unpaired) electrons. The van der Waals surface area contributed by atoms with Crippen molar-refractivity contribution in [3.8, 4) is 0 Å². The minimum Gasteiger partial charge on any atom is -0.348 e. The van der Waals surface area contributed by atoms with Crippen molar-refractivity contribution in [1.82, 2.24) is 10.2 Å². The summed E-state index contributed by atoms with van der Waals surface area (Å²) in [5.41, 5.74) is 0.889. The number of thiophene rings is 1. The molecule has 6 heteroatoms. The molecule has 0 aliphatic carbocycles. The van der Waals surface area contributed by atoms with Crippen LogP contribution in [0, 0.1) is 12.8 Å². The Balaban J connectivity index is 1.81. The van der Waals surface area contributed by atoms with Crippen LogP contribution in [0.25, 0.3) is 0 Å². The summed E-state index contributed by atoms with van der Waals surface area (Å²) in [6.07, 6.45) is 0.218. The molecule has 3 unspecified atom stereocenters. The van der Waals surface area contributed by atoms with E-state index >= 15 is 0 Å². The molecular formula is C19H21ClN2O2S. The molecule has 2 amide bonds. The van der Waals surface area contributed by atoms with Crippen LogP contribution in [0.4, 0.5) is 0 Å². The maximum Gasteiger partial charge on any atom is 0.226 e. The van der Waals surface area contributed by atoms with Gasteiger partial charge in [0.05, 0.1) is 18.0 Å². The Labute approximate surface area is 156 Å². The molecule has 132 valence electrons. The molecule has 1 saturated heterocycles. The van der Waals surface area contributed by atoms with E-state index in [0.29, 0.717) is 5.02 Å². The summed E-state index contributed by atoms with van der Waals surface area (Å²) < 4.78 is 0. The highest BCUT2D eigenvalue weighted by atomic mass is 35.5. The number of nitrogens with zero attached hydrogens (tertiary/aromatic N) is 1. The zero-order chi connectivity index (χ0) is 18.1. The minimum atomic E-state index is -0.417.